The number of nitrogen functional groups attached to an aromatic ring is 1. The minimum atomic E-state index is -0.183. The van der Waals surface area contributed by atoms with Gasteiger partial charge < -0.3 is 20.6 Å². The molecule has 0 aliphatic heterocycles. The summed E-state index contributed by atoms with van der Waals surface area (Å²) in [5.41, 5.74) is 8.51. The zero-order valence-corrected chi connectivity index (χ0v) is 12.4. The van der Waals surface area contributed by atoms with Gasteiger partial charge in [0.25, 0.3) is 5.91 Å². The molecule has 0 heterocycles. The Morgan fingerprint density at radius 2 is 1.81 bits per heavy atom. The van der Waals surface area contributed by atoms with Crippen LogP contribution in [0.25, 0.3) is 0 Å². The molecule has 3 N–H and O–H groups in total. The van der Waals surface area contributed by atoms with Crippen LogP contribution in [-0.2, 0) is 0 Å². The standard InChI is InChI=1S/C16H19N3O2/c1-18(2)15-8-7-11(9-14(15)17)16(21)19(3)12-5-4-6-13(20)10-12/h4-10,20H,17H2,1-3H3. The van der Waals surface area contributed by atoms with E-state index in [9.17, 15) is 9.90 Å². The number of nitrogens with zero attached hydrogens (tertiary/aromatic N) is 2. The predicted octanol–water partition coefficient (Wildman–Crippen LogP) is 2.32. The maximum atomic E-state index is 12.5. The SMILES string of the molecule is CN(C)c1ccc(C(=O)N(C)c2cccc(O)c2)cc1N. The number of anilines is 3. The second-order valence-corrected chi connectivity index (χ2v) is 5.05. The molecule has 0 aliphatic rings. The number of hydrogen-bond acceptors (Lipinski definition) is 4. The molecule has 2 rings (SSSR count). The highest BCUT2D eigenvalue weighted by molar-refractivity contribution is 6.06. The normalized spacial score (nSPS) is 10.2. The summed E-state index contributed by atoms with van der Waals surface area (Å²) >= 11 is 0. The van der Waals surface area contributed by atoms with Gasteiger partial charge in [0.15, 0.2) is 0 Å². The number of rotatable bonds is 3. The molecule has 0 saturated carbocycles. The molecule has 0 bridgehead atoms. The van der Waals surface area contributed by atoms with Crippen LogP contribution in [0.3, 0.4) is 0 Å². The lowest BCUT2D eigenvalue weighted by molar-refractivity contribution is 0.0993. The van der Waals surface area contributed by atoms with Crippen LogP contribution in [0.1, 0.15) is 10.4 Å². The molecule has 21 heavy (non-hydrogen) atoms. The summed E-state index contributed by atoms with van der Waals surface area (Å²) in [6.07, 6.45) is 0. The number of phenols is 1. The third-order valence-electron chi connectivity index (χ3n) is 3.28. The van der Waals surface area contributed by atoms with Crippen molar-refractivity contribution in [3.8, 4) is 5.75 Å². The molecule has 0 fully saturated rings. The summed E-state index contributed by atoms with van der Waals surface area (Å²) in [7, 11) is 5.45. The Morgan fingerprint density at radius 1 is 1.10 bits per heavy atom. The number of amides is 1. The molecule has 0 saturated heterocycles. The van der Waals surface area contributed by atoms with Crippen molar-refractivity contribution in [3.05, 3.63) is 48.0 Å². The molecule has 0 atom stereocenters. The van der Waals surface area contributed by atoms with Gasteiger partial charge in [-0.15, -0.1) is 0 Å². The first-order valence-electron chi connectivity index (χ1n) is 6.54. The molecule has 1 amide bonds. The summed E-state index contributed by atoms with van der Waals surface area (Å²) in [5.74, 6) is -0.0628. The maximum Gasteiger partial charge on any atom is 0.258 e. The van der Waals surface area contributed by atoms with Gasteiger partial charge in [0.2, 0.25) is 0 Å². The van der Waals surface area contributed by atoms with Crippen molar-refractivity contribution in [1.82, 2.24) is 0 Å². The monoisotopic (exact) mass is 285 g/mol. The van der Waals surface area contributed by atoms with Gasteiger partial charge in [0.05, 0.1) is 11.4 Å². The number of nitrogens with two attached hydrogens (primary N) is 1. The van der Waals surface area contributed by atoms with Crippen LogP contribution in [-0.4, -0.2) is 32.2 Å². The summed E-state index contributed by atoms with van der Waals surface area (Å²) < 4.78 is 0. The van der Waals surface area contributed by atoms with E-state index in [2.05, 4.69) is 0 Å². The topological polar surface area (TPSA) is 69.8 Å². The van der Waals surface area contributed by atoms with Crippen molar-refractivity contribution in [2.45, 2.75) is 0 Å². The van der Waals surface area contributed by atoms with Gasteiger partial charge in [0.1, 0.15) is 5.75 Å². The maximum absolute atomic E-state index is 12.5. The highest BCUT2D eigenvalue weighted by atomic mass is 16.3. The number of carbonyl (C=O) groups is 1. The van der Waals surface area contributed by atoms with Crippen LogP contribution in [0, 0.1) is 0 Å². The molecule has 0 spiro atoms. The zero-order chi connectivity index (χ0) is 15.6. The van der Waals surface area contributed by atoms with E-state index in [1.807, 2.05) is 25.1 Å². The third kappa shape index (κ3) is 3.08. The van der Waals surface area contributed by atoms with Gasteiger partial charge in [-0.3, -0.25) is 4.79 Å². The molecular weight excluding hydrogens is 266 g/mol. The van der Waals surface area contributed by atoms with Gasteiger partial charge in [0, 0.05) is 38.5 Å². The smallest absolute Gasteiger partial charge is 0.258 e. The minimum Gasteiger partial charge on any atom is -0.508 e. The fraction of sp³-hybridized carbons (Fsp3) is 0.188. The first-order valence-corrected chi connectivity index (χ1v) is 6.54. The average molecular weight is 285 g/mol. The number of phenolic OH excluding ortho intramolecular Hbond substituents is 1. The zero-order valence-electron chi connectivity index (χ0n) is 12.4. The lowest BCUT2D eigenvalue weighted by Gasteiger charge is -2.20. The van der Waals surface area contributed by atoms with Crippen molar-refractivity contribution in [1.29, 1.82) is 0 Å². The molecule has 0 unspecified atom stereocenters. The second kappa shape index (κ2) is 5.75. The predicted molar refractivity (Wildman–Crippen MR) is 86.0 cm³/mol. The quantitative estimate of drug-likeness (QED) is 0.849. The van der Waals surface area contributed by atoms with E-state index in [1.54, 1.807) is 37.4 Å². The van der Waals surface area contributed by atoms with Gasteiger partial charge in [-0.25, -0.2) is 0 Å². The third-order valence-corrected chi connectivity index (χ3v) is 3.28. The Labute approximate surface area is 124 Å². The van der Waals surface area contributed by atoms with Crippen molar-refractivity contribution < 1.29 is 9.90 Å². The van der Waals surface area contributed by atoms with Crippen LogP contribution < -0.4 is 15.5 Å². The summed E-state index contributed by atoms with van der Waals surface area (Å²) in [6, 6.07) is 11.8. The Balaban J connectivity index is 2.29. The first-order chi connectivity index (χ1) is 9.90. The summed E-state index contributed by atoms with van der Waals surface area (Å²) in [4.78, 5) is 15.8. The average Bonchev–Trinajstić information content (AvgIpc) is 2.45. The summed E-state index contributed by atoms with van der Waals surface area (Å²) in [5, 5.41) is 9.49. The highest BCUT2D eigenvalue weighted by Crippen LogP contribution is 2.25. The molecule has 0 aliphatic carbocycles. The number of aromatic hydroxyl groups is 1. The van der Waals surface area contributed by atoms with Crippen LogP contribution >= 0.6 is 0 Å². The van der Waals surface area contributed by atoms with Crippen molar-refractivity contribution in [2.24, 2.45) is 0 Å². The van der Waals surface area contributed by atoms with E-state index < -0.39 is 0 Å². The lowest BCUT2D eigenvalue weighted by Crippen LogP contribution is -2.26. The van der Waals surface area contributed by atoms with E-state index in [0.29, 0.717) is 16.9 Å². The molecule has 5 heteroatoms. The van der Waals surface area contributed by atoms with Gasteiger partial charge in [-0.05, 0) is 30.3 Å². The number of benzene rings is 2. The van der Waals surface area contributed by atoms with Crippen LogP contribution in [0.2, 0.25) is 0 Å². The highest BCUT2D eigenvalue weighted by Gasteiger charge is 2.15. The van der Waals surface area contributed by atoms with E-state index in [4.69, 9.17) is 5.73 Å². The van der Waals surface area contributed by atoms with E-state index in [-0.39, 0.29) is 11.7 Å². The Hall–Kier alpha value is -2.69. The number of carbonyl (C=O) groups excluding carboxylic acids is 1. The molecule has 2 aromatic rings. The summed E-state index contributed by atoms with van der Waals surface area (Å²) in [6.45, 7) is 0. The lowest BCUT2D eigenvalue weighted by atomic mass is 10.1. The molecule has 2 aromatic carbocycles. The van der Waals surface area contributed by atoms with Crippen LogP contribution in [0.5, 0.6) is 5.75 Å². The molecule has 0 aromatic heterocycles. The second-order valence-electron chi connectivity index (χ2n) is 5.05. The van der Waals surface area contributed by atoms with E-state index >= 15 is 0 Å². The van der Waals surface area contributed by atoms with Crippen molar-refractivity contribution in [3.63, 3.8) is 0 Å². The van der Waals surface area contributed by atoms with E-state index in [1.165, 1.54) is 11.0 Å². The van der Waals surface area contributed by atoms with Gasteiger partial charge in [-0.1, -0.05) is 6.07 Å². The van der Waals surface area contributed by atoms with E-state index in [0.717, 1.165) is 5.69 Å². The largest absolute Gasteiger partial charge is 0.508 e. The molecular formula is C16H19N3O2. The Bertz CT molecular complexity index is 668. The van der Waals surface area contributed by atoms with Gasteiger partial charge in [-0.2, -0.15) is 0 Å². The van der Waals surface area contributed by atoms with Crippen molar-refractivity contribution in [2.75, 3.05) is 36.7 Å². The van der Waals surface area contributed by atoms with Gasteiger partial charge >= 0.3 is 0 Å². The first kappa shape index (κ1) is 14.7. The Kier molecular flexibility index (Phi) is 4.03. The molecule has 5 nitrogen and oxygen atoms in total. The molecule has 110 valence electrons. The fourth-order valence-corrected chi connectivity index (χ4v) is 2.11. The fourth-order valence-electron chi connectivity index (χ4n) is 2.11. The van der Waals surface area contributed by atoms with Crippen LogP contribution in [0.15, 0.2) is 42.5 Å². The van der Waals surface area contributed by atoms with Crippen LogP contribution in [0.4, 0.5) is 17.1 Å². The minimum absolute atomic E-state index is 0.120. The van der Waals surface area contributed by atoms with Crippen molar-refractivity contribution >= 4 is 23.0 Å². The number of hydrogen-bond donors (Lipinski definition) is 2. The Morgan fingerprint density at radius 3 is 2.38 bits per heavy atom. The molecule has 0 radical (unpaired) electrons.